The number of nitrogens with zero attached hydrogens (tertiary/aromatic N) is 1. The number of fused-ring (bicyclic) bond motifs is 1. The predicted molar refractivity (Wildman–Crippen MR) is 141 cm³/mol. The van der Waals surface area contributed by atoms with Gasteiger partial charge in [-0.05, 0) is 73.6 Å². The highest BCUT2D eigenvalue weighted by Gasteiger charge is 2.29. The van der Waals surface area contributed by atoms with Gasteiger partial charge >= 0.3 is 0 Å². The number of amides is 1. The molecule has 1 atom stereocenters. The number of benzene rings is 3. The fraction of sp³-hybridized carbons (Fsp3) is 0.321. The second-order valence-corrected chi connectivity index (χ2v) is 11.0. The Bertz CT molecular complexity index is 1320. The van der Waals surface area contributed by atoms with Crippen molar-refractivity contribution in [1.82, 2.24) is 4.72 Å². The van der Waals surface area contributed by atoms with Gasteiger partial charge in [-0.3, -0.25) is 4.79 Å². The Kier molecular flexibility index (Phi) is 7.25. The Morgan fingerprint density at radius 3 is 2.50 bits per heavy atom. The van der Waals surface area contributed by atoms with Crippen LogP contribution in [0.4, 0.5) is 11.4 Å². The number of hydrogen-bond acceptors (Lipinski definition) is 5. The maximum absolute atomic E-state index is 13.8. The van der Waals surface area contributed by atoms with Crippen molar-refractivity contribution in [2.45, 2.75) is 43.0 Å². The van der Waals surface area contributed by atoms with Gasteiger partial charge in [-0.2, -0.15) is 0 Å². The SMILES string of the molecule is O=C(COc1ccccc1)Nc1ccc(N2CCCC2)c(S(=O)(=O)N[C@H]2CCCc3ccccc32)c1. The Morgan fingerprint density at radius 1 is 0.944 bits per heavy atom. The highest BCUT2D eigenvalue weighted by molar-refractivity contribution is 7.89. The average molecular weight is 506 g/mol. The molecule has 0 unspecified atom stereocenters. The number of nitrogens with one attached hydrogen (secondary N) is 2. The average Bonchev–Trinajstić information content (AvgIpc) is 3.43. The fourth-order valence-electron chi connectivity index (χ4n) is 5.02. The van der Waals surface area contributed by atoms with Crippen molar-refractivity contribution in [2.24, 2.45) is 0 Å². The second-order valence-electron chi connectivity index (χ2n) is 9.29. The quantitative estimate of drug-likeness (QED) is 0.465. The van der Waals surface area contributed by atoms with Gasteiger partial charge in [0.05, 0.1) is 5.69 Å². The first-order chi connectivity index (χ1) is 17.5. The summed E-state index contributed by atoms with van der Waals surface area (Å²) in [6.45, 7) is 1.45. The number of sulfonamides is 1. The number of anilines is 2. The largest absolute Gasteiger partial charge is 0.484 e. The maximum atomic E-state index is 13.8. The van der Waals surface area contributed by atoms with Gasteiger partial charge in [-0.25, -0.2) is 13.1 Å². The molecule has 1 saturated heterocycles. The number of carbonyl (C=O) groups is 1. The third-order valence-electron chi connectivity index (χ3n) is 6.76. The van der Waals surface area contributed by atoms with E-state index in [9.17, 15) is 13.2 Å². The van der Waals surface area contributed by atoms with Crippen LogP contribution >= 0.6 is 0 Å². The van der Waals surface area contributed by atoms with Crippen LogP contribution in [-0.2, 0) is 21.2 Å². The zero-order valence-corrected chi connectivity index (χ0v) is 21.0. The Hall–Kier alpha value is -3.36. The number of hydrogen-bond donors (Lipinski definition) is 2. The van der Waals surface area contributed by atoms with Crippen molar-refractivity contribution in [3.63, 3.8) is 0 Å². The first-order valence-corrected chi connectivity index (χ1v) is 13.9. The molecule has 1 amide bonds. The molecule has 7 nitrogen and oxygen atoms in total. The summed E-state index contributed by atoms with van der Waals surface area (Å²) in [5, 5.41) is 2.79. The van der Waals surface area contributed by atoms with Crippen LogP contribution in [0.15, 0.2) is 77.7 Å². The molecule has 3 aromatic carbocycles. The van der Waals surface area contributed by atoms with Crippen molar-refractivity contribution >= 4 is 27.3 Å². The van der Waals surface area contributed by atoms with E-state index >= 15 is 0 Å². The molecule has 3 aromatic rings. The van der Waals surface area contributed by atoms with Gasteiger partial charge in [0.25, 0.3) is 5.91 Å². The number of ether oxygens (including phenoxy) is 1. The van der Waals surface area contributed by atoms with E-state index in [1.807, 2.05) is 36.4 Å². The van der Waals surface area contributed by atoms with Crippen LogP contribution in [-0.4, -0.2) is 34.0 Å². The molecule has 0 radical (unpaired) electrons. The first-order valence-electron chi connectivity index (χ1n) is 12.5. The van der Waals surface area contributed by atoms with Gasteiger partial charge < -0.3 is 15.0 Å². The molecule has 0 bridgehead atoms. The van der Waals surface area contributed by atoms with Gasteiger partial charge in [0.2, 0.25) is 10.0 Å². The lowest BCUT2D eigenvalue weighted by Crippen LogP contribution is -2.32. The van der Waals surface area contributed by atoms with Gasteiger partial charge in [-0.15, -0.1) is 0 Å². The van der Waals surface area contributed by atoms with E-state index in [1.165, 1.54) is 5.56 Å². The number of carbonyl (C=O) groups excluding carboxylic acids is 1. The van der Waals surface area contributed by atoms with E-state index in [4.69, 9.17) is 4.74 Å². The van der Waals surface area contributed by atoms with E-state index in [0.717, 1.165) is 50.8 Å². The minimum absolute atomic E-state index is 0.170. The van der Waals surface area contributed by atoms with Crippen LogP contribution in [0, 0.1) is 0 Å². The summed E-state index contributed by atoms with van der Waals surface area (Å²) < 4.78 is 36.0. The molecule has 1 aliphatic carbocycles. The molecule has 1 heterocycles. The lowest BCUT2D eigenvalue weighted by Gasteiger charge is -2.28. The van der Waals surface area contributed by atoms with E-state index in [0.29, 0.717) is 17.1 Å². The predicted octanol–water partition coefficient (Wildman–Crippen LogP) is 4.66. The Morgan fingerprint density at radius 2 is 1.69 bits per heavy atom. The standard InChI is InChI=1S/C28H31N3O4S/c32-28(20-35-23-11-2-1-3-12-23)29-22-15-16-26(31-17-6-7-18-31)27(19-22)36(33,34)30-25-14-8-10-21-9-4-5-13-24(21)25/h1-5,9,11-13,15-16,19,25,30H,6-8,10,14,17-18,20H2,(H,29,32)/t25-/m0/s1. The van der Waals surface area contributed by atoms with Gasteiger partial charge in [-0.1, -0.05) is 42.5 Å². The first kappa shape index (κ1) is 24.3. The third kappa shape index (κ3) is 5.55. The van der Waals surface area contributed by atoms with Crippen LogP contribution in [0.25, 0.3) is 0 Å². The summed E-state index contributed by atoms with van der Waals surface area (Å²) in [6.07, 6.45) is 4.69. The Balaban J connectivity index is 1.38. The molecule has 0 aromatic heterocycles. The third-order valence-corrected chi connectivity index (χ3v) is 8.26. The highest BCUT2D eigenvalue weighted by Crippen LogP contribution is 2.35. The topological polar surface area (TPSA) is 87.7 Å². The molecule has 0 saturated carbocycles. The van der Waals surface area contributed by atoms with E-state index < -0.39 is 10.0 Å². The van der Waals surface area contributed by atoms with Crippen LogP contribution in [0.1, 0.15) is 42.9 Å². The van der Waals surface area contributed by atoms with Gasteiger partial charge in [0, 0.05) is 24.8 Å². The molecule has 8 heteroatoms. The van der Waals surface area contributed by atoms with Gasteiger partial charge in [0.1, 0.15) is 10.6 Å². The molecular formula is C28H31N3O4S. The molecule has 1 fully saturated rings. The Labute approximate surface area is 212 Å². The number of para-hydroxylation sites is 1. The zero-order valence-electron chi connectivity index (χ0n) is 20.2. The smallest absolute Gasteiger partial charge is 0.262 e. The van der Waals surface area contributed by atoms with Crippen molar-refractivity contribution in [2.75, 3.05) is 29.9 Å². The summed E-state index contributed by atoms with van der Waals surface area (Å²) in [7, 11) is -3.86. The zero-order chi connectivity index (χ0) is 25.0. The normalized spacial score (nSPS) is 17.4. The fourth-order valence-corrected chi connectivity index (χ4v) is 6.52. The lowest BCUT2D eigenvalue weighted by molar-refractivity contribution is -0.118. The van der Waals surface area contributed by atoms with Crippen molar-refractivity contribution in [3.8, 4) is 5.75 Å². The molecule has 1 aliphatic heterocycles. The van der Waals surface area contributed by atoms with Crippen LogP contribution < -0.4 is 19.7 Å². The number of aryl methyl sites for hydroxylation is 1. The highest BCUT2D eigenvalue weighted by atomic mass is 32.2. The van der Waals surface area contributed by atoms with Gasteiger partial charge in [0.15, 0.2) is 6.61 Å². The van der Waals surface area contributed by atoms with Crippen molar-refractivity contribution in [3.05, 3.63) is 83.9 Å². The molecule has 2 aliphatic rings. The summed E-state index contributed by atoms with van der Waals surface area (Å²) >= 11 is 0. The molecule has 36 heavy (non-hydrogen) atoms. The molecule has 188 valence electrons. The monoisotopic (exact) mass is 505 g/mol. The summed E-state index contributed by atoms with van der Waals surface area (Å²) in [6, 6.07) is 21.9. The van der Waals surface area contributed by atoms with Crippen LogP contribution in [0.3, 0.4) is 0 Å². The summed E-state index contributed by atoms with van der Waals surface area (Å²) in [5.41, 5.74) is 3.32. The summed E-state index contributed by atoms with van der Waals surface area (Å²) in [5.74, 6) is 0.238. The second kappa shape index (κ2) is 10.7. The minimum atomic E-state index is -3.86. The molecular weight excluding hydrogens is 474 g/mol. The molecule has 5 rings (SSSR count). The maximum Gasteiger partial charge on any atom is 0.262 e. The molecule has 2 N–H and O–H groups in total. The molecule has 0 spiro atoms. The lowest BCUT2D eigenvalue weighted by atomic mass is 9.88. The van der Waals surface area contributed by atoms with Crippen molar-refractivity contribution < 1.29 is 17.9 Å². The van der Waals surface area contributed by atoms with E-state index in [1.54, 1.807) is 30.3 Å². The van der Waals surface area contributed by atoms with E-state index in [-0.39, 0.29) is 23.5 Å². The van der Waals surface area contributed by atoms with Crippen LogP contribution in [0.2, 0.25) is 0 Å². The minimum Gasteiger partial charge on any atom is -0.484 e. The van der Waals surface area contributed by atoms with E-state index in [2.05, 4.69) is 21.0 Å². The van der Waals surface area contributed by atoms with Crippen LogP contribution in [0.5, 0.6) is 5.75 Å². The number of rotatable bonds is 8. The van der Waals surface area contributed by atoms with Crippen molar-refractivity contribution in [1.29, 1.82) is 0 Å². The summed E-state index contributed by atoms with van der Waals surface area (Å²) in [4.78, 5) is 14.8.